The van der Waals surface area contributed by atoms with Crippen molar-refractivity contribution in [2.75, 3.05) is 6.54 Å². The lowest BCUT2D eigenvalue weighted by Gasteiger charge is -2.48. The number of amides is 3. The molecule has 0 bridgehead atoms. The lowest BCUT2D eigenvalue weighted by atomic mass is 9.86. The predicted molar refractivity (Wildman–Crippen MR) is 117 cm³/mol. The molecule has 7 nitrogen and oxygen atoms in total. The molecule has 0 unspecified atom stereocenters. The Morgan fingerprint density at radius 2 is 1.93 bits per heavy atom. The van der Waals surface area contributed by atoms with Crippen molar-refractivity contribution in [2.45, 2.75) is 90.3 Å². The summed E-state index contributed by atoms with van der Waals surface area (Å²) in [5.74, 6) is -0.168. The van der Waals surface area contributed by atoms with Crippen molar-refractivity contribution in [1.29, 1.82) is 0 Å². The number of allylic oxidation sites excluding steroid dienone is 3. The van der Waals surface area contributed by atoms with E-state index in [-0.39, 0.29) is 42.3 Å². The average molecular weight is 415 g/mol. The first kappa shape index (κ1) is 22.2. The van der Waals surface area contributed by atoms with Gasteiger partial charge in [0.2, 0.25) is 11.8 Å². The lowest BCUT2D eigenvalue weighted by Crippen LogP contribution is -2.64. The number of hydrogen-bond acceptors (Lipinski definition) is 4. The molecule has 1 N–H and O–H groups in total. The minimum Gasteiger partial charge on any atom is -0.350 e. The van der Waals surface area contributed by atoms with Crippen molar-refractivity contribution in [3.05, 3.63) is 23.9 Å². The Morgan fingerprint density at radius 1 is 1.27 bits per heavy atom. The largest absolute Gasteiger partial charge is 0.350 e. The zero-order valence-electron chi connectivity index (χ0n) is 18.8. The number of nitrogens with zero attached hydrogens (tertiary/aromatic N) is 3. The number of amidine groups is 1. The Hall–Kier alpha value is -2.44. The van der Waals surface area contributed by atoms with Crippen LogP contribution in [-0.4, -0.2) is 57.0 Å². The summed E-state index contributed by atoms with van der Waals surface area (Å²) in [7, 11) is 0. The van der Waals surface area contributed by atoms with Crippen LogP contribution in [0.15, 0.2) is 28.9 Å². The van der Waals surface area contributed by atoms with E-state index in [1.807, 2.05) is 44.7 Å². The van der Waals surface area contributed by atoms with Gasteiger partial charge in [-0.2, -0.15) is 4.99 Å². The van der Waals surface area contributed by atoms with Crippen molar-refractivity contribution < 1.29 is 14.4 Å². The summed E-state index contributed by atoms with van der Waals surface area (Å²) in [5, 5.41) is 2.97. The van der Waals surface area contributed by atoms with Crippen LogP contribution < -0.4 is 5.32 Å². The van der Waals surface area contributed by atoms with Gasteiger partial charge in [-0.25, -0.2) is 0 Å². The van der Waals surface area contributed by atoms with Crippen LogP contribution in [0.3, 0.4) is 0 Å². The molecule has 164 valence electrons. The molecule has 1 atom stereocenters. The Labute approximate surface area is 179 Å². The van der Waals surface area contributed by atoms with Gasteiger partial charge in [-0.3, -0.25) is 14.4 Å². The third-order valence-electron chi connectivity index (χ3n) is 5.96. The van der Waals surface area contributed by atoms with Crippen LogP contribution in [0, 0.1) is 0 Å². The van der Waals surface area contributed by atoms with Crippen LogP contribution >= 0.6 is 0 Å². The first-order chi connectivity index (χ1) is 14.0. The van der Waals surface area contributed by atoms with Crippen molar-refractivity contribution in [3.63, 3.8) is 0 Å². The minimum atomic E-state index is -1.10. The van der Waals surface area contributed by atoms with Gasteiger partial charge in [0.15, 0.2) is 0 Å². The number of rotatable bonds is 4. The minimum absolute atomic E-state index is 0.00152. The van der Waals surface area contributed by atoms with Gasteiger partial charge in [0.1, 0.15) is 11.4 Å². The van der Waals surface area contributed by atoms with Crippen LogP contribution in [0.2, 0.25) is 0 Å². The molecule has 0 aromatic heterocycles. The van der Waals surface area contributed by atoms with Gasteiger partial charge in [0.25, 0.3) is 5.91 Å². The van der Waals surface area contributed by atoms with Gasteiger partial charge in [0.05, 0.1) is 13.0 Å². The van der Waals surface area contributed by atoms with Gasteiger partial charge in [-0.15, -0.1) is 0 Å². The molecule has 30 heavy (non-hydrogen) atoms. The molecule has 3 amide bonds. The molecule has 0 aromatic carbocycles. The summed E-state index contributed by atoms with van der Waals surface area (Å²) in [6.07, 6.45) is 10.5. The van der Waals surface area contributed by atoms with E-state index in [0.717, 1.165) is 37.8 Å². The molecule has 2 heterocycles. The van der Waals surface area contributed by atoms with Crippen LogP contribution in [0.5, 0.6) is 0 Å². The van der Waals surface area contributed by atoms with Crippen molar-refractivity contribution in [2.24, 2.45) is 4.99 Å². The van der Waals surface area contributed by atoms with E-state index < -0.39 is 5.54 Å². The third-order valence-corrected chi connectivity index (χ3v) is 5.96. The van der Waals surface area contributed by atoms with Gasteiger partial charge in [-0.1, -0.05) is 25.3 Å². The fourth-order valence-electron chi connectivity index (χ4n) is 4.73. The fourth-order valence-corrected chi connectivity index (χ4v) is 4.73. The predicted octanol–water partition coefficient (Wildman–Crippen LogP) is 2.93. The Morgan fingerprint density at radius 3 is 2.57 bits per heavy atom. The van der Waals surface area contributed by atoms with Crippen LogP contribution in [0.1, 0.15) is 73.1 Å². The monoisotopic (exact) mass is 414 g/mol. The van der Waals surface area contributed by atoms with Crippen molar-refractivity contribution in [3.8, 4) is 0 Å². The summed E-state index contributed by atoms with van der Waals surface area (Å²) in [5.41, 5.74) is -0.610. The van der Waals surface area contributed by atoms with E-state index in [0.29, 0.717) is 5.84 Å². The quantitative estimate of drug-likeness (QED) is 0.767. The third kappa shape index (κ3) is 4.65. The molecule has 0 saturated heterocycles. The molecule has 1 fully saturated rings. The van der Waals surface area contributed by atoms with Gasteiger partial charge < -0.3 is 15.1 Å². The summed E-state index contributed by atoms with van der Waals surface area (Å²) in [6, 6.07) is 0.0100. The maximum absolute atomic E-state index is 14.0. The van der Waals surface area contributed by atoms with Crippen LogP contribution in [0.4, 0.5) is 0 Å². The van der Waals surface area contributed by atoms with E-state index in [1.54, 1.807) is 17.9 Å². The molecule has 1 aliphatic carbocycles. The highest BCUT2D eigenvalue weighted by Gasteiger charge is 2.50. The normalized spacial score (nSPS) is 24.7. The summed E-state index contributed by atoms with van der Waals surface area (Å²) in [6.45, 7) is 9.50. The molecular weight excluding hydrogens is 380 g/mol. The van der Waals surface area contributed by atoms with Gasteiger partial charge in [-0.05, 0) is 59.6 Å². The molecule has 2 aliphatic heterocycles. The van der Waals surface area contributed by atoms with Gasteiger partial charge >= 0.3 is 0 Å². The summed E-state index contributed by atoms with van der Waals surface area (Å²) < 4.78 is 0. The molecule has 3 rings (SSSR count). The molecular formula is C23H34N4O3. The highest BCUT2D eigenvalue weighted by atomic mass is 16.2. The topological polar surface area (TPSA) is 82.1 Å². The second-order valence-corrected chi connectivity index (χ2v) is 9.84. The Bertz CT molecular complexity index is 815. The number of carbonyl (C=O) groups excluding carboxylic acids is 3. The zero-order chi connectivity index (χ0) is 22.1. The molecule has 1 saturated carbocycles. The smallest absolute Gasteiger partial charge is 0.250 e. The summed E-state index contributed by atoms with van der Waals surface area (Å²) in [4.78, 5) is 47.0. The van der Waals surface area contributed by atoms with E-state index in [4.69, 9.17) is 0 Å². The number of fused-ring (bicyclic) bond motifs is 1. The lowest BCUT2D eigenvalue weighted by molar-refractivity contribution is -0.149. The second-order valence-electron chi connectivity index (χ2n) is 9.84. The zero-order valence-corrected chi connectivity index (χ0v) is 18.8. The molecule has 7 heteroatoms. The first-order valence-electron chi connectivity index (χ1n) is 10.9. The van der Waals surface area contributed by atoms with Gasteiger partial charge in [0, 0.05) is 17.3 Å². The standard InChI is InChI=1S/C23H34N4O3/c1-16-10-9-13-18-24-19(28)14-23(5,27(16)18)21(30)26(17-11-7-6-8-12-17)15-20(29)25-22(2,3)4/h9-10,13,17H,6-8,11-12,14-15H2,1-5H3,(H,25,29)/t23-/m0/s1. The number of nitrogens with one attached hydrogen (secondary N) is 1. The molecule has 0 spiro atoms. The molecule has 3 aliphatic rings. The average Bonchev–Trinajstić information content (AvgIpc) is 2.64. The van der Waals surface area contributed by atoms with E-state index in [9.17, 15) is 14.4 Å². The first-order valence-corrected chi connectivity index (χ1v) is 10.9. The Kier molecular flexibility index (Phi) is 6.20. The molecule has 0 aromatic rings. The van der Waals surface area contributed by atoms with Crippen molar-refractivity contribution in [1.82, 2.24) is 15.1 Å². The number of carbonyl (C=O) groups is 3. The summed E-state index contributed by atoms with van der Waals surface area (Å²) >= 11 is 0. The fraction of sp³-hybridized carbons (Fsp3) is 0.652. The van der Waals surface area contributed by atoms with Crippen LogP contribution in [0.25, 0.3) is 0 Å². The highest BCUT2D eigenvalue weighted by molar-refractivity contribution is 6.10. The Balaban J connectivity index is 1.93. The maximum Gasteiger partial charge on any atom is 0.250 e. The highest BCUT2D eigenvalue weighted by Crippen LogP contribution is 2.35. The number of hydrogen-bond donors (Lipinski definition) is 1. The van der Waals surface area contributed by atoms with Crippen molar-refractivity contribution >= 4 is 23.6 Å². The maximum atomic E-state index is 14.0. The number of aliphatic imine (C=N–C) groups is 1. The van der Waals surface area contributed by atoms with E-state index in [1.165, 1.54) is 0 Å². The van der Waals surface area contributed by atoms with Crippen LogP contribution in [-0.2, 0) is 14.4 Å². The van der Waals surface area contributed by atoms with E-state index in [2.05, 4.69) is 10.3 Å². The van der Waals surface area contributed by atoms with E-state index >= 15 is 0 Å². The molecule has 0 radical (unpaired) electrons. The second kappa shape index (κ2) is 8.36. The SMILES string of the molecule is CC1=CC=CC2=NC(=O)C[C@@](C)(C(=O)N(CC(=O)NC(C)(C)C)C3CCCCC3)N12.